The van der Waals surface area contributed by atoms with E-state index in [9.17, 15) is 4.79 Å². The molecule has 0 unspecified atom stereocenters. The van der Waals surface area contributed by atoms with Gasteiger partial charge >= 0.3 is 5.97 Å². The fraction of sp³-hybridized carbons (Fsp3) is 0.150. The first-order valence-corrected chi connectivity index (χ1v) is 8.22. The number of ether oxygens (including phenoxy) is 1. The molecule has 2 N–H and O–H groups in total. The summed E-state index contributed by atoms with van der Waals surface area (Å²) in [6.07, 6.45) is 1.68. The van der Waals surface area contributed by atoms with Gasteiger partial charge in [-0.05, 0) is 36.8 Å². The maximum atomic E-state index is 11.6. The van der Waals surface area contributed by atoms with E-state index >= 15 is 0 Å². The number of anilines is 3. The predicted octanol–water partition coefficient (Wildman–Crippen LogP) is 3.93. The highest BCUT2D eigenvalue weighted by molar-refractivity contribution is 5.90. The zero-order chi connectivity index (χ0) is 18.4. The lowest BCUT2D eigenvalue weighted by Gasteiger charge is -2.09. The molecular formula is C20H20N4O2. The van der Waals surface area contributed by atoms with Crippen LogP contribution in [0.3, 0.4) is 0 Å². The summed E-state index contributed by atoms with van der Waals surface area (Å²) < 4.78 is 4.74. The second kappa shape index (κ2) is 8.11. The number of carbonyl (C=O) groups is 1. The summed E-state index contributed by atoms with van der Waals surface area (Å²) >= 11 is 0. The first-order chi connectivity index (χ1) is 12.6. The maximum Gasteiger partial charge on any atom is 0.337 e. The number of nitrogens with zero attached hydrogens (tertiary/aromatic N) is 2. The van der Waals surface area contributed by atoms with Gasteiger partial charge in [-0.25, -0.2) is 9.78 Å². The fourth-order valence-electron chi connectivity index (χ4n) is 2.51. The van der Waals surface area contributed by atoms with Crippen molar-refractivity contribution in [2.45, 2.75) is 13.5 Å². The van der Waals surface area contributed by atoms with Crippen molar-refractivity contribution in [3.8, 4) is 0 Å². The molecular weight excluding hydrogens is 328 g/mol. The van der Waals surface area contributed by atoms with Crippen LogP contribution in [0.25, 0.3) is 0 Å². The molecule has 26 heavy (non-hydrogen) atoms. The Morgan fingerprint density at radius 2 is 1.96 bits per heavy atom. The molecule has 0 saturated carbocycles. The normalized spacial score (nSPS) is 10.2. The maximum absolute atomic E-state index is 11.6. The molecule has 0 fully saturated rings. The Kier molecular flexibility index (Phi) is 5.43. The minimum Gasteiger partial charge on any atom is -0.465 e. The number of benzene rings is 2. The summed E-state index contributed by atoms with van der Waals surface area (Å²) in [5, 5.41) is 6.39. The summed E-state index contributed by atoms with van der Waals surface area (Å²) in [6, 6.07) is 17.1. The van der Waals surface area contributed by atoms with Crippen molar-refractivity contribution in [2.24, 2.45) is 0 Å². The molecule has 0 saturated heterocycles. The number of rotatable bonds is 6. The van der Waals surface area contributed by atoms with E-state index in [0.717, 1.165) is 11.3 Å². The second-order valence-corrected chi connectivity index (χ2v) is 5.81. The molecule has 1 aromatic heterocycles. The standard InChI is InChI=1S/C20H20N4O2/c1-14-5-3-6-15(11-14)13-22-20-21-10-9-18(24-20)23-17-8-4-7-16(12-17)19(25)26-2/h3-12H,13H2,1-2H3,(H2,21,22,23,24). The molecule has 1 heterocycles. The molecule has 6 nitrogen and oxygen atoms in total. The van der Waals surface area contributed by atoms with Crippen LogP contribution < -0.4 is 10.6 Å². The lowest BCUT2D eigenvalue weighted by atomic mass is 10.1. The molecule has 3 rings (SSSR count). The van der Waals surface area contributed by atoms with E-state index in [0.29, 0.717) is 23.9 Å². The van der Waals surface area contributed by atoms with Gasteiger partial charge in [0.05, 0.1) is 12.7 Å². The van der Waals surface area contributed by atoms with Gasteiger partial charge < -0.3 is 15.4 Å². The number of hydrogen-bond donors (Lipinski definition) is 2. The Balaban J connectivity index is 1.68. The van der Waals surface area contributed by atoms with E-state index in [4.69, 9.17) is 4.74 Å². The topological polar surface area (TPSA) is 76.1 Å². The number of hydrogen-bond acceptors (Lipinski definition) is 6. The predicted molar refractivity (Wildman–Crippen MR) is 102 cm³/mol. The Morgan fingerprint density at radius 1 is 1.12 bits per heavy atom. The van der Waals surface area contributed by atoms with Crippen LogP contribution in [0.15, 0.2) is 60.8 Å². The Hall–Kier alpha value is -3.41. The van der Waals surface area contributed by atoms with Crippen molar-refractivity contribution in [1.82, 2.24) is 9.97 Å². The van der Waals surface area contributed by atoms with Crippen molar-refractivity contribution in [2.75, 3.05) is 17.7 Å². The van der Waals surface area contributed by atoms with E-state index in [1.807, 2.05) is 12.1 Å². The van der Waals surface area contributed by atoms with Crippen LogP contribution in [0.2, 0.25) is 0 Å². The third-order valence-corrected chi connectivity index (χ3v) is 3.74. The van der Waals surface area contributed by atoms with Gasteiger partial charge in [0.15, 0.2) is 0 Å². The Bertz CT molecular complexity index is 912. The summed E-state index contributed by atoms with van der Waals surface area (Å²) in [5.74, 6) is 0.784. The largest absolute Gasteiger partial charge is 0.465 e. The molecule has 0 aliphatic carbocycles. The number of methoxy groups -OCH3 is 1. The van der Waals surface area contributed by atoms with Gasteiger partial charge in [-0.1, -0.05) is 35.9 Å². The number of carbonyl (C=O) groups excluding carboxylic acids is 1. The van der Waals surface area contributed by atoms with Crippen molar-refractivity contribution in [1.29, 1.82) is 0 Å². The molecule has 0 bridgehead atoms. The summed E-state index contributed by atoms with van der Waals surface area (Å²) in [7, 11) is 1.36. The molecule has 0 atom stereocenters. The van der Waals surface area contributed by atoms with Gasteiger partial charge in [0.25, 0.3) is 0 Å². The summed E-state index contributed by atoms with van der Waals surface area (Å²) in [6.45, 7) is 2.70. The van der Waals surface area contributed by atoms with Gasteiger partial charge in [0.1, 0.15) is 5.82 Å². The summed E-state index contributed by atoms with van der Waals surface area (Å²) in [5.41, 5.74) is 3.60. The average Bonchev–Trinajstić information content (AvgIpc) is 2.66. The van der Waals surface area contributed by atoms with Crippen LogP contribution in [0.4, 0.5) is 17.5 Å². The van der Waals surface area contributed by atoms with Crippen LogP contribution in [-0.4, -0.2) is 23.0 Å². The zero-order valence-electron chi connectivity index (χ0n) is 14.7. The highest BCUT2D eigenvalue weighted by atomic mass is 16.5. The minimum atomic E-state index is -0.378. The van der Waals surface area contributed by atoms with Gasteiger partial charge in [-0.2, -0.15) is 4.98 Å². The van der Waals surface area contributed by atoms with E-state index in [1.54, 1.807) is 30.5 Å². The summed E-state index contributed by atoms with van der Waals surface area (Å²) in [4.78, 5) is 20.3. The molecule has 3 aromatic rings. The quantitative estimate of drug-likeness (QED) is 0.658. The first-order valence-electron chi connectivity index (χ1n) is 8.22. The van der Waals surface area contributed by atoms with Crippen LogP contribution >= 0.6 is 0 Å². The Labute approximate surface area is 152 Å². The van der Waals surface area contributed by atoms with Crippen LogP contribution in [0.1, 0.15) is 21.5 Å². The van der Waals surface area contributed by atoms with E-state index in [1.165, 1.54) is 12.7 Å². The fourth-order valence-corrected chi connectivity index (χ4v) is 2.51. The lowest BCUT2D eigenvalue weighted by Crippen LogP contribution is -2.05. The monoisotopic (exact) mass is 348 g/mol. The molecule has 132 valence electrons. The number of esters is 1. The minimum absolute atomic E-state index is 0.378. The van der Waals surface area contributed by atoms with Crippen LogP contribution in [0.5, 0.6) is 0 Å². The molecule has 0 aliphatic heterocycles. The van der Waals surface area contributed by atoms with E-state index in [2.05, 4.69) is 45.7 Å². The molecule has 0 aliphatic rings. The highest BCUT2D eigenvalue weighted by Crippen LogP contribution is 2.17. The smallest absolute Gasteiger partial charge is 0.337 e. The second-order valence-electron chi connectivity index (χ2n) is 5.81. The molecule has 0 spiro atoms. The number of nitrogens with one attached hydrogen (secondary N) is 2. The lowest BCUT2D eigenvalue weighted by molar-refractivity contribution is 0.0601. The zero-order valence-corrected chi connectivity index (χ0v) is 14.7. The SMILES string of the molecule is COC(=O)c1cccc(Nc2ccnc(NCc3cccc(C)c3)n2)c1. The van der Waals surface area contributed by atoms with Gasteiger partial charge in [-0.15, -0.1) is 0 Å². The number of aromatic nitrogens is 2. The van der Waals surface area contributed by atoms with Crippen molar-refractivity contribution < 1.29 is 9.53 Å². The molecule has 6 heteroatoms. The van der Waals surface area contributed by atoms with Crippen molar-refractivity contribution in [3.63, 3.8) is 0 Å². The third-order valence-electron chi connectivity index (χ3n) is 3.74. The van der Waals surface area contributed by atoms with E-state index in [-0.39, 0.29) is 5.97 Å². The first kappa shape index (κ1) is 17.4. The van der Waals surface area contributed by atoms with E-state index < -0.39 is 0 Å². The van der Waals surface area contributed by atoms with Gasteiger partial charge in [0, 0.05) is 18.4 Å². The Morgan fingerprint density at radius 3 is 2.77 bits per heavy atom. The van der Waals surface area contributed by atoms with Crippen LogP contribution in [0, 0.1) is 6.92 Å². The van der Waals surface area contributed by atoms with Crippen molar-refractivity contribution in [3.05, 3.63) is 77.5 Å². The third kappa shape index (κ3) is 4.57. The molecule has 0 radical (unpaired) electrons. The van der Waals surface area contributed by atoms with Gasteiger partial charge in [-0.3, -0.25) is 0 Å². The highest BCUT2D eigenvalue weighted by Gasteiger charge is 2.06. The van der Waals surface area contributed by atoms with Crippen LogP contribution in [-0.2, 0) is 11.3 Å². The number of aryl methyl sites for hydroxylation is 1. The average molecular weight is 348 g/mol. The molecule has 2 aromatic carbocycles. The van der Waals surface area contributed by atoms with Gasteiger partial charge in [0.2, 0.25) is 5.95 Å². The van der Waals surface area contributed by atoms with Crippen molar-refractivity contribution >= 4 is 23.4 Å². The molecule has 0 amide bonds.